The molecule has 0 fully saturated rings. The predicted octanol–water partition coefficient (Wildman–Crippen LogP) is 11.4. The molecule has 0 atom stereocenters. The molecule has 0 unspecified atom stereocenters. The smallest absolute Gasteiger partial charge is 0.164 e. The molecule has 10 aromatic rings. The first-order valence-electron chi connectivity index (χ1n) is 17.2. The summed E-state index contributed by atoms with van der Waals surface area (Å²) in [5.74, 6) is 1.97. The van der Waals surface area contributed by atoms with Crippen molar-refractivity contribution in [3.63, 3.8) is 0 Å². The van der Waals surface area contributed by atoms with E-state index in [0.717, 1.165) is 44.7 Å². The van der Waals surface area contributed by atoms with Crippen molar-refractivity contribution in [3.8, 4) is 45.5 Å². The summed E-state index contributed by atoms with van der Waals surface area (Å²) in [4.78, 5) is 14.9. The Kier molecular flexibility index (Phi) is 6.64. The summed E-state index contributed by atoms with van der Waals surface area (Å²) in [6, 6.07) is 59.7. The van der Waals surface area contributed by atoms with E-state index in [1.807, 2.05) is 60.7 Å². The average Bonchev–Trinajstić information content (AvgIpc) is 3.71. The Balaban J connectivity index is 1.13. The number of aryl methyl sites for hydroxylation is 1. The van der Waals surface area contributed by atoms with E-state index in [4.69, 9.17) is 15.0 Å². The van der Waals surface area contributed by atoms with Crippen LogP contribution >= 0.6 is 0 Å². The molecule has 3 aromatic heterocycles. The summed E-state index contributed by atoms with van der Waals surface area (Å²) in [6.07, 6.45) is 0. The molecule has 0 spiro atoms. The summed E-state index contributed by atoms with van der Waals surface area (Å²) in [5, 5.41) is 4.95. The average molecular weight is 654 g/mol. The van der Waals surface area contributed by atoms with E-state index in [9.17, 15) is 0 Å². The minimum Gasteiger partial charge on any atom is -0.309 e. The molecule has 51 heavy (non-hydrogen) atoms. The van der Waals surface area contributed by atoms with E-state index in [1.165, 1.54) is 32.6 Å². The van der Waals surface area contributed by atoms with E-state index in [0.29, 0.717) is 17.5 Å². The molecule has 5 nitrogen and oxygen atoms in total. The van der Waals surface area contributed by atoms with Crippen LogP contribution in [0.2, 0.25) is 0 Å². The Morgan fingerprint density at radius 2 is 0.765 bits per heavy atom. The van der Waals surface area contributed by atoms with Crippen LogP contribution in [0.25, 0.3) is 89.2 Å². The minimum atomic E-state index is 0.657. The van der Waals surface area contributed by atoms with Gasteiger partial charge >= 0.3 is 0 Å². The number of rotatable bonds is 5. The second kappa shape index (κ2) is 11.6. The highest BCUT2D eigenvalue weighted by atomic mass is 15.0. The van der Waals surface area contributed by atoms with Gasteiger partial charge in [-0.25, -0.2) is 15.0 Å². The van der Waals surface area contributed by atoms with Gasteiger partial charge in [-0.2, -0.15) is 0 Å². The predicted molar refractivity (Wildman–Crippen MR) is 210 cm³/mol. The summed E-state index contributed by atoms with van der Waals surface area (Å²) in [7, 11) is 0. The van der Waals surface area contributed by atoms with Gasteiger partial charge in [0.15, 0.2) is 17.5 Å². The normalized spacial score (nSPS) is 11.6. The molecule has 0 amide bonds. The van der Waals surface area contributed by atoms with Crippen molar-refractivity contribution in [3.05, 3.63) is 175 Å². The van der Waals surface area contributed by atoms with Crippen molar-refractivity contribution in [1.29, 1.82) is 0 Å². The van der Waals surface area contributed by atoms with Crippen LogP contribution in [0, 0.1) is 6.92 Å². The van der Waals surface area contributed by atoms with Gasteiger partial charge in [0.25, 0.3) is 0 Å². The fourth-order valence-electron chi connectivity index (χ4n) is 7.55. The molecule has 0 aliphatic carbocycles. The highest BCUT2D eigenvalue weighted by molar-refractivity contribution is 6.12. The third kappa shape index (κ3) is 4.74. The zero-order valence-electron chi connectivity index (χ0n) is 27.9. The van der Waals surface area contributed by atoms with Crippen LogP contribution in [-0.2, 0) is 0 Å². The van der Waals surface area contributed by atoms with E-state index in [-0.39, 0.29) is 0 Å². The van der Waals surface area contributed by atoms with Crippen LogP contribution < -0.4 is 0 Å². The van der Waals surface area contributed by atoms with Crippen molar-refractivity contribution < 1.29 is 0 Å². The lowest BCUT2D eigenvalue weighted by Gasteiger charge is -2.13. The number of hydrogen-bond donors (Lipinski definition) is 0. The van der Waals surface area contributed by atoms with E-state index < -0.39 is 0 Å². The fraction of sp³-hybridized carbons (Fsp3) is 0.0217. The molecule has 10 rings (SSSR count). The molecule has 5 heteroatoms. The van der Waals surface area contributed by atoms with E-state index in [2.05, 4.69) is 125 Å². The Bertz CT molecular complexity index is 2810. The third-order valence-corrected chi connectivity index (χ3v) is 9.90. The van der Waals surface area contributed by atoms with Gasteiger partial charge in [-0.05, 0) is 67.1 Å². The largest absolute Gasteiger partial charge is 0.309 e. The molecule has 3 heterocycles. The maximum absolute atomic E-state index is 5.00. The van der Waals surface area contributed by atoms with Crippen LogP contribution in [0.15, 0.2) is 170 Å². The molecule has 0 saturated heterocycles. The van der Waals surface area contributed by atoms with Crippen LogP contribution in [-0.4, -0.2) is 24.1 Å². The first-order chi connectivity index (χ1) is 25.2. The van der Waals surface area contributed by atoms with Crippen LogP contribution in [0.1, 0.15) is 5.56 Å². The molecular weight excluding hydrogens is 623 g/mol. The quantitative estimate of drug-likeness (QED) is 0.186. The van der Waals surface area contributed by atoms with Crippen molar-refractivity contribution in [2.75, 3.05) is 0 Å². The van der Waals surface area contributed by atoms with Crippen LogP contribution in [0.5, 0.6) is 0 Å². The van der Waals surface area contributed by atoms with Gasteiger partial charge in [0.05, 0.1) is 22.1 Å². The first kappa shape index (κ1) is 29.1. The monoisotopic (exact) mass is 653 g/mol. The number of nitrogens with zero attached hydrogens (tertiary/aromatic N) is 5. The third-order valence-electron chi connectivity index (χ3n) is 9.90. The van der Waals surface area contributed by atoms with Gasteiger partial charge < -0.3 is 9.13 Å². The summed E-state index contributed by atoms with van der Waals surface area (Å²) >= 11 is 0. The van der Waals surface area contributed by atoms with Crippen molar-refractivity contribution in [1.82, 2.24) is 24.1 Å². The molecule has 0 N–H and O–H groups in total. The lowest BCUT2D eigenvalue weighted by Crippen LogP contribution is -2.02. The van der Waals surface area contributed by atoms with Crippen molar-refractivity contribution in [2.24, 2.45) is 0 Å². The first-order valence-corrected chi connectivity index (χ1v) is 17.2. The lowest BCUT2D eigenvalue weighted by molar-refractivity contribution is 1.07. The second-order valence-corrected chi connectivity index (χ2v) is 13.0. The number of hydrogen-bond acceptors (Lipinski definition) is 3. The summed E-state index contributed by atoms with van der Waals surface area (Å²) in [5.41, 5.74) is 10.9. The second-order valence-electron chi connectivity index (χ2n) is 13.0. The molecule has 0 saturated carbocycles. The Labute approximate surface area is 294 Å². The van der Waals surface area contributed by atoms with Gasteiger partial charge in [0, 0.05) is 49.6 Å². The molecule has 0 radical (unpaired) electrons. The summed E-state index contributed by atoms with van der Waals surface area (Å²) < 4.78 is 4.76. The summed E-state index contributed by atoms with van der Waals surface area (Å²) in [6.45, 7) is 2.14. The van der Waals surface area contributed by atoms with Crippen LogP contribution in [0.4, 0.5) is 0 Å². The van der Waals surface area contributed by atoms with Crippen molar-refractivity contribution in [2.45, 2.75) is 6.92 Å². The van der Waals surface area contributed by atoms with Gasteiger partial charge in [0.2, 0.25) is 0 Å². The molecule has 240 valence electrons. The Hall–Kier alpha value is -6.85. The Morgan fingerprint density at radius 3 is 1.29 bits per heavy atom. The molecule has 7 aromatic carbocycles. The van der Waals surface area contributed by atoms with Crippen LogP contribution in [0.3, 0.4) is 0 Å². The molecule has 0 bridgehead atoms. The standard InChI is InChI=1S/C46H31N5/c1-30-28-33(24-26-35(30)46-48-44(31-14-4-2-5-15-31)47-45(49-46)32-16-6-3-7-17-32)50-42-23-13-10-20-38(42)39-29-34(25-27-43(39)50)51-40-21-11-8-18-36(40)37-19-9-12-22-41(37)51/h2-29H,1H3. The van der Waals surface area contributed by atoms with Gasteiger partial charge in [-0.15, -0.1) is 0 Å². The zero-order valence-corrected chi connectivity index (χ0v) is 27.9. The van der Waals surface area contributed by atoms with Gasteiger partial charge in [-0.3, -0.25) is 0 Å². The molecule has 0 aliphatic rings. The maximum Gasteiger partial charge on any atom is 0.164 e. The minimum absolute atomic E-state index is 0.657. The van der Waals surface area contributed by atoms with Gasteiger partial charge in [0.1, 0.15) is 0 Å². The van der Waals surface area contributed by atoms with E-state index in [1.54, 1.807) is 0 Å². The zero-order chi connectivity index (χ0) is 33.9. The van der Waals surface area contributed by atoms with E-state index >= 15 is 0 Å². The van der Waals surface area contributed by atoms with Gasteiger partial charge in [-0.1, -0.05) is 115 Å². The fourth-order valence-corrected chi connectivity index (χ4v) is 7.55. The number of para-hydroxylation sites is 3. The lowest BCUT2D eigenvalue weighted by atomic mass is 10.1. The maximum atomic E-state index is 5.00. The highest BCUT2D eigenvalue weighted by Crippen LogP contribution is 2.37. The molecular formula is C46H31N5. The number of aromatic nitrogens is 5. The topological polar surface area (TPSA) is 48.5 Å². The highest BCUT2D eigenvalue weighted by Gasteiger charge is 2.18. The number of benzene rings is 7. The SMILES string of the molecule is Cc1cc(-n2c3ccccc3c3cc(-n4c5ccccc5c5ccccc54)ccc32)ccc1-c1nc(-c2ccccc2)nc(-c2ccccc2)n1. The molecule has 0 aliphatic heterocycles. The Morgan fingerprint density at radius 1 is 0.353 bits per heavy atom. The number of fused-ring (bicyclic) bond motifs is 6. The van der Waals surface area contributed by atoms with Crippen molar-refractivity contribution >= 4 is 43.6 Å².